The van der Waals surface area contributed by atoms with Crippen LogP contribution in [0.1, 0.15) is 30.1 Å². The number of anilines is 3. The van der Waals surface area contributed by atoms with E-state index < -0.39 is 5.92 Å². The molecule has 1 fully saturated rings. The number of fused-ring (bicyclic) bond motifs is 2. The Morgan fingerprint density at radius 3 is 2.56 bits per heavy atom. The lowest BCUT2D eigenvalue weighted by Gasteiger charge is -2.23. The molecule has 172 valence electrons. The summed E-state index contributed by atoms with van der Waals surface area (Å²) in [7, 11) is 0. The molecule has 6 nitrogen and oxygen atoms in total. The summed E-state index contributed by atoms with van der Waals surface area (Å²) in [6.07, 6.45) is 1.02. The van der Waals surface area contributed by atoms with Gasteiger partial charge in [0.2, 0.25) is 11.8 Å². The first-order chi connectivity index (χ1) is 16.5. The van der Waals surface area contributed by atoms with E-state index in [0.717, 1.165) is 27.6 Å². The van der Waals surface area contributed by atoms with Crippen LogP contribution in [0.3, 0.4) is 0 Å². The average Bonchev–Trinajstić information content (AvgIpc) is 3.20. The van der Waals surface area contributed by atoms with E-state index in [9.17, 15) is 14.4 Å². The molecule has 5 rings (SSSR count). The lowest BCUT2D eigenvalue weighted by atomic mass is 10.1. The van der Waals surface area contributed by atoms with Crippen molar-refractivity contribution in [2.75, 3.05) is 28.2 Å². The highest BCUT2D eigenvalue weighted by molar-refractivity contribution is 7.99. The quantitative estimate of drug-likeness (QED) is 0.555. The minimum Gasteiger partial charge on any atom is -0.326 e. The lowest BCUT2D eigenvalue weighted by molar-refractivity contribution is -0.122. The second-order valence-corrected chi connectivity index (χ2v) is 9.55. The monoisotopic (exact) mass is 471 g/mol. The minimum atomic E-state index is -0.418. The Kier molecular flexibility index (Phi) is 6.11. The fourth-order valence-corrected chi connectivity index (χ4v) is 5.55. The van der Waals surface area contributed by atoms with Crippen LogP contribution in [0.15, 0.2) is 82.6 Å². The van der Waals surface area contributed by atoms with Crippen LogP contribution in [0.5, 0.6) is 0 Å². The summed E-state index contributed by atoms with van der Waals surface area (Å²) in [5.74, 6) is -0.648. The number of carbonyl (C=O) groups is 3. The van der Waals surface area contributed by atoms with Crippen LogP contribution in [0.2, 0.25) is 0 Å². The molecule has 0 radical (unpaired) electrons. The van der Waals surface area contributed by atoms with E-state index >= 15 is 0 Å². The zero-order valence-corrected chi connectivity index (χ0v) is 19.7. The van der Waals surface area contributed by atoms with E-state index in [2.05, 4.69) is 5.32 Å². The normalized spacial score (nSPS) is 17.3. The third-order valence-electron chi connectivity index (χ3n) is 6.11. The maximum Gasteiger partial charge on any atom is 0.259 e. The molecule has 2 aliphatic rings. The highest BCUT2D eigenvalue weighted by Gasteiger charge is 2.35. The number of para-hydroxylation sites is 1. The highest BCUT2D eigenvalue weighted by Crippen LogP contribution is 2.42. The summed E-state index contributed by atoms with van der Waals surface area (Å²) in [5, 5.41) is 2.99. The second kappa shape index (κ2) is 9.35. The summed E-state index contributed by atoms with van der Waals surface area (Å²) >= 11 is 1.53. The average molecular weight is 472 g/mol. The maximum atomic E-state index is 13.2. The molecule has 0 saturated carbocycles. The van der Waals surface area contributed by atoms with Crippen LogP contribution in [-0.4, -0.2) is 30.8 Å². The Labute approximate surface area is 202 Å². The van der Waals surface area contributed by atoms with E-state index in [-0.39, 0.29) is 24.1 Å². The molecular weight excluding hydrogens is 446 g/mol. The molecule has 2 aliphatic heterocycles. The predicted molar refractivity (Wildman–Crippen MR) is 135 cm³/mol. The molecule has 0 aromatic heterocycles. The highest BCUT2D eigenvalue weighted by atomic mass is 32.2. The van der Waals surface area contributed by atoms with E-state index in [1.165, 1.54) is 11.8 Å². The van der Waals surface area contributed by atoms with E-state index in [0.29, 0.717) is 24.3 Å². The van der Waals surface area contributed by atoms with Crippen LogP contribution in [0.25, 0.3) is 0 Å². The summed E-state index contributed by atoms with van der Waals surface area (Å²) < 4.78 is 0. The van der Waals surface area contributed by atoms with Gasteiger partial charge in [0.25, 0.3) is 5.91 Å². The van der Waals surface area contributed by atoms with Crippen LogP contribution < -0.4 is 15.1 Å². The number of hydrogen-bond donors (Lipinski definition) is 1. The standard InChI is InChI=1S/C27H25N3O3S/c1-2-14-29-22-13-12-19(16-24(22)34-23-11-7-6-10-21(23)27(29)33)28-26(32)18-15-25(31)30(17-18)20-8-4-3-5-9-20/h3-13,16,18H,2,14-15,17H2,1H3,(H,28,32)/t18-/m1/s1. The number of rotatable bonds is 5. The molecule has 0 aliphatic carbocycles. The van der Waals surface area contributed by atoms with Gasteiger partial charge in [0, 0.05) is 40.7 Å². The Bertz CT molecular complexity index is 1260. The van der Waals surface area contributed by atoms with Crippen molar-refractivity contribution in [3.8, 4) is 0 Å². The second-order valence-electron chi connectivity index (χ2n) is 8.47. The van der Waals surface area contributed by atoms with Crippen LogP contribution in [-0.2, 0) is 9.59 Å². The molecule has 2 heterocycles. The number of benzene rings is 3. The molecule has 34 heavy (non-hydrogen) atoms. The van der Waals surface area contributed by atoms with Crippen molar-refractivity contribution >= 4 is 46.5 Å². The van der Waals surface area contributed by atoms with Crippen molar-refractivity contribution in [3.05, 3.63) is 78.4 Å². The van der Waals surface area contributed by atoms with E-state index in [1.54, 1.807) is 4.90 Å². The lowest BCUT2D eigenvalue weighted by Crippen LogP contribution is -2.31. The van der Waals surface area contributed by atoms with Crippen molar-refractivity contribution in [3.63, 3.8) is 0 Å². The Hall–Kier alpha value is -3.58. The molecule has 1 atom stereocenters. The van der Waals surface area contributed by atoms with Crippen molar-refractivity contribution in [2.24, 2.45) is 5.92 Å². The third kappa shape index (κ3) is 4.19. The fraction of sp³-hybridized carbons (Fsp3) is 0.222. The third-order valence-corrected chi connectivity index (χ3v) is 7.23. The van der Waals surface area contributed by atoms with Crippen LogP contribution in [0.4, 0.5) is 17.1 Å². The van der Waals surface area contributed by atoms with E-state index in [4.69, 9.17) is 0 Å². The topological polar surface area (TPSA) is 69.7 Å². The molecular formula is C27H25N3O3S. The SMILES string of the molecule is CCCN1C(=O)c2ccccc2Sc2cc(NC(=O)[C@@H]3CC(=O)N(c4ccccc4)C3)ccc21. The Morgan fingerprint density at radius 1 is 1.00 bits per heavy atom. The van der Waals surface area contributed by atoms with Gasteiger partial charge >= 0.3 is 0 Å². The molecule has 0 spiro atoms. The number of carbonyl (C=O) groups excluding carboxylic acids is 3. The van der Waals surface area contributed by atoms with Crippen molar-refractivity contribution in [2.45, 2.75) is 29.6 Å². The summed E-state index contributed by atoms with van der Waals surface area (Å²) in [6, 6.07) is 22.7. The van der Waals surface area contributed by atoms with Crippen LogP contribution in [0, 0.1) is 5.92 Å². The summed E-state index contributed by atoms with van der Waals surface area (Å²) in [5.41, 5.74) is 3.00. The molecule has 0 bridgehead atoms. The molecule has 1 saturated heterocycles. The van der Waals surface area contributed by atoms with Gasteiger partial charge in [0.05, 0.1) is 17.2 Å². The van der Waals surface area contributed by atoms with Gasteiger partial charge in [0.1, 0.15) is 0 Å². The molecule has 0 unspecified atom stereocenters. The molecule has 3 aromatic rings. The Balaban J connectivity index is 1.38. The maximum absolute atomic E-state index is 13.2. The first-order valence-corrected chi connectivity index (χ1v) is 12.3. The number of nitrogens with zero attached hydrogens (tertiary/aromatic N) is 2. The fourth-order valence-electron chi connectivity index (χ4n) is 4.43. The van der Waals surface area contributed by atoms with Gasteiger partial charge < -0.3 is 15.1 Å². The van der Waals surface area contributed by atoms with Crippen molar-refractivity contribution in [1.82, 2.24) is 0 Å². The van der Waals surface area contributed by atoms with E-state index in [1.807, 2.05) is 84.6 Å². The first-order valence-electron chi connectivity index (χ1n) is 11.4. The summed E-state index contributed by atoms with van der Waals surface area (Å²) in [6.45, 7) is 3.03. The van der Waals surface area contributed by atoms with Gasteiger partial charge in [0.15, 0.2) is 0 Å². The number of nitrogens with one attached hydrogen (secondary N) is 1. The molecule has 7 heteroatoms. The number of hydrogen-bond acceptors (Lipinski definition) is 4. The van der Waals surface area contributed by atoms with Gasteiger partial charge in [-0.15, -0.1) is 0 Å². The molecule has 1 N–H and O–H groups in total. The van der Waals surface area contributed by atoms with Crippen molar-refractivity contribution < 1.29 is 14.4 Å². The Morgan fingerprint density at radius 2 is 1.76 bits per heavy atom. The molecule has 3 aromatic carbocycles. The molecule has 3 amide bonds. The van der Waals surface area contributed by atoms with Gasteiger partial charge in [-0.3, -0.25) is 14.4 Å². The van der Waals surface area contributed by atoms with Crippen molar-refractivity contribution in [1.29, 1.82) is 0 Å². The smallest absolute Gasteiger partial charge is 0.259 e. The summed E-state index contributed by atoms with van der Waals surface area (Å²) in [4.78, 5) is 44.1. The largest absolute Gasteiger partial charge is 0.326 e. The minimum absolute atomic E-state index is 0.00837. The zero-order valence-electron chi connectivity index (χ0n) is 18.9. The van der Waals surface area contributed by atoms with Gasteiger partial charge in [-0.1, -0.05) is 49.0 Å². The van der Waals surface area contributed by atoms with Gasteiger partial charge in [-0.2, -0.15) is 0 Å². The first kappa shape index (κ1) is 22.2. The predicted octanol–water partition coefficient (Wildman–Crippen LogP) is 5.20. The van der Waals surface area contributed by atoms with Gasteiger partial charge in [-0.05, 0) is 48.9 Å². The zero-order chi connectivity index (χ0) is 23.7. The van der Waals surface area contributed by atoms with Crippen LogP contribution >= 0.6 is 11.8 Å². The van der Waals surface area contributed by atoms with Gasteiger partial charge in [-0.25, -0.2) is 0 Å². The number of amides is 3.